The topological polar surface area (TPSA) is 23.6 Å². The van der Waals surface area contributed by atoms with Crippen molar-refractivity contribution in [1.29, 1.82) is 0 Å². The minimum Gasteiger partial charge on any atom is -0.375 e. The Kier molecular flexibility index (Phi) is 5.17. The molecule has 24 heavy (non-hydrogen) atoms. The average molecular weight is 336 g/mol. The van der Waals surface area contributed by atoms with Crippen molar-refractivity contribution < 1.29 is 18.0 Å². The van der Waals surface area contributed by atoms with Crippen LogP contribution >= 0.6 is 0 Å². The van der Waals surface area contributed by atoms with E-state index in [1.54, 1.807) is 25.9 Å². The van der Waals surface area contributed by atoms with Gasteiger partial charge in [0.25, 0.3) is 5.91 Å². The Morgan fingerprint density at radius 2 is 1.58 bits per heavy atom. The van der Waals surface area contributed by atoms with Crippen molar-refractivity contribution in [3.63, 3.8) is 0 Å². The number of halogens is 3. The Morgan fingerprint density at radius 3 is 2.12 bits per heavy atom. The first-order valence-electron chi connectivity index (χ1n) is 7.41. The van der Waals surface area contributed by atoms with Crippen molar-refractivity contribution in [3.05, 3.63) is 65.0 Å². The average Bonchev–Trinajstić information content (AvgIpc) is 2.54. The number of amides is 1. The molecule has 0 N–H and O–H groups in total. The summed E-state index contributed by atoms with van der Waals surface area (Å²) in [4.78, 5) is 15.5. The van der Waals surface area contributed by atoms with Gasteiger partial charge in [0.1, 0.15) is 5.82 Å². The van der Waals surface area contributed by atoms with Crippen molar-refractivity contribution in [2.24, 2.45) is 0 Å². The lowest BCUT2D eigenvalue weighted by Crippen LogP contribution is -2.30. The van der Waals surface area contributed by atoms with E-state index in [-0.39, 0.29) is 5.56 Å². The van der Waals surface area contributed by atoms with Gasteiger partial charge in [0.05, 0.1) is 11.7 Å². The molecule has 6 heteroatoms. The molecule has 0 bridgehead atoms. The normalized spacial score (nSPS) is 12.0. The third-order valence-corrected chi connectivity index (χ3v) is 4.00. The zero-order valence-corrected chi connectivity index (χ0v) is 14.0. The number of rotatable bonds is 4. The first-order valence-corrected chi connectivity index (χ1v) is 7.41. The van der Waals surface area contributed by atoms with E-state index in [1.807, 2.05) is 0 Å². The van der Waals surface area contributed by atoms with Gasteiger partial charge in [-0.15, -0.1) is 0 Å². The minimum atomic E-state index is -0.971. The third-order valence-electron chi connectivity index (χ3n) is 4.00. The molecule has 0 aliphatic carbocycles. The highest BCUT2D eigenvalue weighted by Crippen LogP contribution is 2.24. The predicted molar refractivity (Wildman–Crippen MR) is 87.6 cm³/mol. The second kappa shape index (κ2) is 6.95. The number of hydrogen-bond donors (Lipinski definition) is 0. The minimum absolute atomic E-state index is 0.190. The summed E-state index contributed by atoms with van der Waals surface area (Å²) < 4.78 is 40.4. The summed E-state index contributed by atoms with van der Waals surface area (Å²) in [7, 11) is 4.94. The molecule has 0 fully saturated rings. The zero-order valence-electron chi connectivity index (χ0n) is 14.0. The van der Waals surface area contributed by atoms with Crippen LogP contribution in [0.15, 0.2) is 36.4 Å². The van der Waals surface area contributed by atoms with Gasteiger partial charge in [-0.05, 0) is 42.8 Å². The second-order valence-corrected chi connectivity index (χ2v) is 5.83. The van der Waals surface area contributed by atoms with E-state index >= 15 is 0 Å². The van der Waals surface area contributed by atoms with E-state index in [9.17, 15) is 18.0 Å². The summed E-state index contributed by atoms with van der Waals surface area (Å²) in [5, 5.41) is 0. The van der Waals surface area contributed by atoms with Crippen LogP contribution in [0.2, 0.25) is 0 Å². The van der Waals surface area contributed by atoms with Gasteiger partial charge in [-0.25, -0.2) is 13.2 Å². The molecule has 0 heterocycles. The Hall–Kier alpha value is -2.50. The number of nitrogens with zero attached hydrogens (tertiary/aromatic N) is 2. The van der Waals surface area contributed by atoms with Gasteiger partial charge in [-0.1, -0.05) is 6.07 Å². The summed E-state index contributed by atoms with van der Waals surface area (Å²) in [6.45, 7) is 1.69. The first kappa shape index (κ1) is 17.8. The van der Waals surface area contributed by atoms with Gasteiger partial charge in [0.2, 0.25) is 0 Å². The van der Waals surface area contributed by atoms with Crippen molar-refractivity contribution >= 4 is 11.6 Å². The van der Waals surface area contributed by atoms with Gasteiger partial charge in [0.15, 0.2) is 11.6 Å². The van der Waals surface area contributed by atoms with Crippen LogP contribution in [-0.2, 0) is 0 Å². The van der Waals surface area contributed by atoms with Crippen molar-refractivity contribution in [2.75, 3.05) is 26.0 Å². The number of anilines is 1. The molecule has 0 aliphatic rings. The molecule has 2 aromatic rings. The molecule has 0 aromatic heterocycles. The lowest BCUT2D eigenvalue weighted by Gasteiger charge is -2.26. The molecule has 1 amide bonds. The fraction of sp³-hybridized carbons (Fsp3) is 0.278. The van der Waals surface area contributed by atoms with Gasteiger partial charge in [-0.2, -0.15) is 0 Å². The molecule has 0 saturated heterocycles. The van der Waals surface area contributed by atoms with Gasteiger partial charge >= 0.3 is 0 Å². The van der Waals surface area contributed by atoms with Crippen LogP contribution in [0, 0.1) is 17.5 Å². The molecule has 3 nitrogen and oxygen atoms in total. The van der Waals surface area contributed by atoms with Gasteiger partial charge < -0.3 is 9.80 Å². The fourth-order valence-electron chi connectivity index (χ4n) is 2.38. The molecule has 0 radical (unpaired) electrons. The van der Waals surface area contributed by atoms with Crippen molar-refractivity contribution in [1.82, 2.24) is 4.90 Å². The molecule has 1 unspecified atom stereocenters. The highest BCUT2D eigenvalue weighted by atomic mass is 19.2. The zero-order chi connectivity index (χ0) is 18.0. The summed E-state index contributed by atoms with van der Waals surface area (Å²) in [6.07, 6.45) is 0. The van der Waals surface area contributed by atoms with E-state index < -0.39 is 29.4 Å². The Balaban J connectivity index is 2.25. The van der Waals surface area contributed by atoms with E-state index in [2.05, 4.69) is 0 Å². The monoisotopic (exact) mass is 336 g/mol. The van der Waals surface area contributed by atoms with E-state index in [0.29, 0.717) is 11.3 Å². The maximum atomic E-state index is 14.0. The van der Waals surface area contributed by atoms with Crippen molar-refractivity contribution in [3.8, 4) is 0 Å². The number of carbonyl (C=O) groups is 1. The summed E-state index contributed by atoms with van der Waals surface area (Å²) in [5.74, 6) is -2.82. The molecule has 0 aliphatic heterocycles. The Bertz CT molecular complexity index is 762. The largest absolute Gasteiger partial charge is 0.375 e. The van der Waals surface area contributed by atoms with E-state index in [4.69, 9.17) is 0 Å². The van der Waals surface area contributed by atoms with Crippen LogP contribution in [0.3, 0.4) is 0 Å². The summed E-state index contributed by atoms with van der Waals surface area (Å²) in [5.41, 5.74) is 1.02. The molecule has 1 atom stereocenters. The molecule has 2 rings (SSSR count). The lowest BCUT2D eigenvalue weighted by atomic mass is 10.1. The predicted octanol–water partition coefficient (Wildman–Crippen LogP) is 4.00. The number of benzene rings is 2. The molecular weight excluding hydrogens is 317 g/mol. The summed E-state index contributed by atoms with van der Waals surface area (Å²) >= 11 is 0. The van der Waals surface area contributed by atoms with Crippen LogP contribution < -0.4 is 4.90 Å². The van der Waals surface area contributed by atoms with Crippen LogP contribution in [0.25, 0.3) is 0 Å². The van der Waals surface area contributed by atoms with E-state index in [0.717, 1.165) is 12.1 Å². The molecule has 0 spiro atoms. The fourth-order valence-corrected chi connectivity index (χ4v) is 2.38. The molecule has 0 saturated carbocycles. The van der Waals surface area contributed by atoms with Crippen molar-refractivity contribution in [2.45, 2.75) is 13.0 Å². The maximum Gasteiger partial charge on any atom is 0.254 e. The standard InChI is InChI=1S/C18H19F3N2O/c1-11(12-5-7-14(19)15(20)9-12)23(4)18(24)13-6-8-17(22(2)3)16(21)10-13/h5-11H,1-4H3. The third kappa shape index (κ3) is 3.53. The number of carbonyl (C=O) groups excluding carboxylic acids is 1. The first-order chi connectivity index (χ1) is 11.2. The highest BCUT2D eigenvalue weighted by molar-refractivity contribution is 5.94. The lowest BCUT2D eigenvalue weighted by molar-refractivity contribution is 0.0742. The highest BCUT2D eigenvalue weighted by Gasteiger charge is 2.21. The Morgan fingerprint density at radius 1 is 0.917 bits per heavy atom. The van der Waals surface area contributed by atoms with Crippen LogP contribution in [-0.4, -0.2) is 32.0 Å². The Labute approximate surface area is 139 Å². The van der Waals surface area contributed by atoms with Crippen LogP contribution in [0.5, 0.6) is 0 Å². The molecule has 2 aromatic carbocycles. The van der Waals surface area contributed by atoms with Gasteiger partial charge in [0, 0.05) is 26.7 Å². The van der Waals surface area contributed by atoms with E-state index in [1.165, 1.54) is 36.2 Å². The summed E-state index contributed by atoms with van der Waals surface area (Å²) in [6, 6.07) is 7.23. The quantitative estimate of drug-likeness (QED) is 0.842. The van der Waals surface area contributed by atoms with Crippen LogP contribution in [0.4, 0.5) is 18.9 Å². The molecular formula is C18H19F3N2O. The smallest absolute Gasteiger partial charge is 0.254 e. The van der Waals surface area contributed by atoms with Gasteiger partial charge in [-0.3, -0.25) is 4.79 Å². The number of hydrogen-bond acceptors (Lipinski definition) is 2. The van der Waals surface area contributed by atoms with Crippen LogP contribution in [0.1, 0.15) is 28.9 Å². The molecule has 128 valence electrons. The maximum absolute atomic E-state index is 14.0. The second-order valence-electron chi connectivity index (χ2n) is 5.83. The SMILES string of the molecule is CC(c1ccc(F)c(F)c1)N(C)C(=O)c1ccc(N(C)C)c(F)c1.